The molecule has 1 aromatic carbocycles. The maximum atomic E-state index is 11.7. The van der Waals surface area contributed by atoms with Crippen LogP contribution in [0.5, 0.6) is 11.5 Å². The molecule has 0 bridgehead atoms. The Morgan fingerprint density at radius 3 is 2.65 bits per heavy atom. The van der Waals surface area contributed by atoms with E-state index in [0.717, 1.165) is 29.9 Å². The molecule has 6 heteroatoms. The van der Waals surface area contributed by atoms with Gasteiger partial charge in [0.1, 0.15) is 0 Å². The Balaban J connectivity index is 0.00000264. The normalized spacial score (nSPS) is 14.2. The van der Waals surface area contributed by atoms with E-state index in [4.69, 9.17) is 9.47 Å². The van der Waals surface area contributed by atoms with Gasteiger partial charge >= 0.3 is 0 Å². The third-order valence-corrected chi connectivity index (χ3v) is 3.92. The molecule has 0 heterocycles. The number of hydrogen-bond donors (Lipinski definition) is 2. The van der Waals surface area contributed by atoms with Crippen molar-refractivity contribution in [1.82, 2.24) is 10.6 Å². The Kier molecular flexibility index (Phi) is 8.81. The fourth-order valence-corrected chi connectivity index (χ4v) is 2.64. The van der Waals surface area contributed by atoms with Crippen molar-refractivity contribution in [2.45, 2.75) is 44.8 Å². The highest BCUT2D eigenvalue weighted by Crippen LogP contribution is 2.32. The molecule has 2 rings (SSSR count). The first-order valence-electron chi connectivity index (χ1n) is 7.98. The number of carbonyl (C=O) groups excluding carboxylic acids is 1. The molecule has 130 valence electrons. The summed E-state index contributed by atoms with van der Waals surface area (Å²) < 4.78 is 11.4. The van der Waals surface area contributed by atoms with Crippen LogP contribution in [-0.4, -0.2) is 32.7 Å². The largest absolute Gasteiger partial charge is 0.493 e. The number of halogens is 1. The highest BCUT2D eigenvalue weighted by Gasteiger charge is 2.18. The molecule has 23 heavy (non-hydrogen) atoms. The van der Waals surface area contributed by atoms with Gasteiger partial charge in [-0.15, -0.1) is 12.4 Å². The van der Waals surface area contributed by atoms with Crippen molar-refractivity contribution >= 4 is 18.3 Å². The van der Waals surface area contributed by atoms with Crippen LogP contribution >= 0.6 is 12.4 Å². The van der Waals surface area contributed by atoms with Crippen LogP contribution in [0, 0.1) is 0 Å². The lowest BCUT2D eigenvalue weighted by atomic mass is 10.2. The number of nitrogens with one attached hydrogen (secondary N) is 2. The summed E-state index contributed by atoms with van der Waals surface area (Å²) in [7, 11) is 3.49. The summed E-state index contributed by atoms with van der Waals surface area (Å²) in [5, 5.41) is 5.88. The SMILES string of the molecule is CNCCC(=O)NCc1ccc(OC)c(OC2CCCC2)c1.Cl. The zero-order valence-electron chi connectivity index (χ0n) is 13.9. The Labute approximate surface area is 144 Å². The third kappa shape index (κ3) is 6.28. The molecule has 1 amide bonds. The zero-order chi connectivity index (χ0) is 15.8. The number of amides is 1. The topological polar surface area (TPSA) is 59.6 Å². The standard InChI is InChI=1S/C17H26N2O3.ClH/c1-18-10-9-17(20)19-12-13-7-8-15(21-2)16(11-13)22-14-5-3-4-6-14;/h7-8,11,14,18H,3-6,9-10,12H2,1-2H3,(H,19,20);1H. The van der Waals surface area contributed by atoms with Crippen molar-refractivity contribution in [2.24, 2.45) is 0 Å². The lowest BCUT2D eigenvalue weighted by molar-refractivity contribution is -0.121. The molecule has 0 unspecified atom stereocenters. The van der Waals surface area contributed by atoms with Gasteiger partial charge in [-0.2, -0.15) is 0 Å². The monoisotopic (exact) mass is 342 g/mol. The van der Waals surface area contributed by atoms with Crippen LogP contribution < -0.4 is 20.1 Å². The van der Waals surface area contributed by atoms with Crippen molar-refractivity contribution in [3.05, 3.63) is 23.8 Å². The van der Waals surface area contributed by atoms with E-state index in [2.05, 4.69) is 10.6 Å². The van der Waals surface area contributed by atoms with Crippen LogP contribution in [0.25, 0.3) is 0 Å². The fraction of sp³-hybridized carbons (Fsp3) is 0.588. The second-order valence-electron chi connectivity index (χ2n) is 5.64. The van der Waals surface area contributed by atoms with E-state index in [9.17, 15) is 4.79 Å². The van der Waals surface area contributed by atoms with E-state index in [1.54, 1.807) is 7.11 Å². The Hall–Kier alpha value is -1.46. The van der Waals surface area contributed by atoms with Crippen molar-refractivity contribution in [3.8, 4) is 11.5 Å². The first-order chi connectivity index (χ1) is 10.7. The number of carbonyl (C=O) groups is 1. The summed E-state index contributed by atoms with van der Waals surface area (Å²) in [6, 6.07) is 5.83. The minimum Gasteiger partial charge on any atom is -0.493 e. The van der Waals surface area contributed by atoms with Gasteiger partial charge in [0.25, 0.3) is 0 Å². The summed E-state index contributed by atoms with van der Waals surface area (Å²) in [5.41, 5.74) is 1.02. The number of methoxy groups -OCH3 is 1. The fourth-order valence-electron chi connectivity index (χ4n) is 2.64. The van der Waals surface area contributed by atoms with Gasteiger partial charge in [0.15, 0.2) is 11.5 Å². The second kappa shape index (κ2) is 10.3. The first-order valence-corrected chi connectivity index (χ1v) is 7.98. The Bertz CT molecular complexity index is 491. The molecule has 2 N–H and O–H groups in total. The van der Waals surface area contributed by atoms with Crippen LogP contribution in [0.4, 0.5) is 0 Å². The summed E-state index contributed by atoms with van der Waals surface area (Å²) in [5.74, 6) is 1.57. The molecule has 1 fully saturated rings. The molecule has 0 saturated heterocycles. The predicted octanol–water partition coefficient (Wildman–Crippen LogP) is 2.66. The minimum absolute atomic E-state index is 0. The van der Waals surface area contributed by atoms with Crippen LogP contribution in [0.2, 0.25) is 0 Å². The summed E-state index contributed by atoms with van der Waals surface area (Å²) in [6.07, 6.45) is 5.44. The van der Waals surface area contributed by atoms with Gasteiger partial charge in [-0.3, -0.25) is 4.79 Å². The number of hydrogen-bond acceptors (Lipinski definition) is 4. The first kappa shape index (κ1) is 19.6. The summed E-state index contributed by atoms with van der Waals surface area (Å²) in [6.45, 7) is 1.19. The molecule has 5 nitrogen and oxygen atoms in total. The zero-order valence-corrected chi connectivity index (χ0v) is 14.7. The predicted molar refractivity (Wildman–Crippen MR) is 93.5 cm³/mol. The average Bonchev–Trinajstić information content (AvgIpc) is 3.04. The van der Waals surface area contributed by atoms with Gasteiger partial charge in [-0.1, -0.05) is 6.07 Å². The minimum atomic E-state index is 0. The van der Waals surface area contributed by atoms with Crippen LogP contribution in [0.3, 0.4) is 0 Å². The number of benzene rings is 1. The Morgan fingerprint density at radius 2 is 2.00 bits per heavy atom. The van der Waals surface area contributed by atoms with E-state index in [1.807, 2.05) is 25.2 Å². The van der Waals surface area contributed by atoms with E-state index < -0.39 is 0 Å². The highest BCUT2D eigenvalue weighted by molar-refractivity contribution is 5.85. The van der Waals surface area contributed by atoms with E-state index in [1.165, 1.54) is 12.8 Å². The van der Waals surface area contributed by atoms with Gasteiger partial charge in [-0.25, -0.2) is 0 Å². The molecule has 0 aliphatic heterocycles. The molecule has 1 aliphatic carbocycles. The van der Waals surface area contributed by atoms with E-state index >= 15 is 0 Å². The smallest absolute Gasteiger partial charge is 0.221 e. The quantitative estimate of drug-likeness (QED) is 0.762. The lowest BCUT2D eigenvalue weighted by Gasteiger charge is -2.17. The van der Waals surface area contributed by atoms with E-state index in [0.29, 0.717) is 19.5 Å². The second-order valence-corrected chi connectivity index (χ2v) is 5.64. The average molecular weight is 343 g/mol. The molecular formula is C17H27ClN2O3. The van der Waals surface area contributed by atoms with Crippen molar-refractivity contribution in [1.29, 1.82) is 0 Å². The third-order valence-electron chi connectivity index (χ3n) is 3.92. The number of ether oxygens (including phenoxy) is 2. The summed E-state index contributed by atoms with van der Waals surface area (Å²) in [4.78, 5) is 11.7. The van der Waals surface area contributed by atoms with Crippen LogP contribution in [0.15, 0.2) is 18.2 Å². The molecule has 1 aromatic rings. The van der Waals surface area contributed by atoms with Gasteiger partial charge in [-0.05, 0) is 50.4 Å². The van der Waals surface area contributed by atoms with Crippen molar-refractivity contribution < 1.29 is 14.3 Å². The molecule has 1 aliphatic rings. The molecular weight excluding hydrogens is 316 g/mol. The van der Waals surface area contributed by atoms with Gasteiger partial charge in [0, 0.05) is 19.5 Å². The highest BCUT2D eigenvalue weighted by atomic mass is 35.5. The van der Waals surface area contributed by atoms with Crippen LogP contribution in [0.1, 0.15) is 37.7 Å². The van der Waals surface area contributed by atoms with Gasteiger partial charge < -0.3 is 20.1 Å². The molecule has 0 atom stereocenters. The molecule has 0 radical (unpaired) electrons. The Morgan fingerprint density at radius 1 is 1.26 bits per heavy atom. The summed E-state index contributed by atoms with van der Waals surface area (Å²) >= 11 is 0. The number of rotatable bonds is 8. The van der Waals surface area contributed by atoms with Gasteiger partial charge in [0.2, 0.25) is 5.91 Å². The maximum Gasteiger partial charge on any atom is 0.221 e. The molecule has 0 aromatic heterocycles. The lowest BCUT2D eigenvalue weighted by Crippen LogP contribution is -2.26. The van der Waals surface area contributed by atoms with E-state index in [-0.39, 0.29) is 24.4 Å². The molecule has 1 saturated carbocycles. The molecule has 0 spiro atoms. The van der Waals surface area contributed by atoms with Crippen molar-refractivity contribution in [3.63, 3.8) is 0 Å². The van der Waals surface area contributed by atoms with Gasteiger partial charge in [0.05, 0.1) is 13.2 Å². The maximum absolute atomic E-state index is 11.7. The van der Waals surface area contributed by atoms with Crippen molar-refractivity contribution in [2.75, 3.05) is 20.7 Å². The van der Waals surface area contributed by atoms with Crippen LogP contribution in [-0.2, 0) is 11.3 Å².